The van der Waals surface area contributed by atoms with Crippen LogP contribution in [0.4, 0.5) is 4.39 Å². The molecule has 1 aliphatic carbocycles. The zero-order valence-electron chi connectivity index (χ0n) is 23.5. The van der Waals surface area contributed by atoms with Crippen molar-refractivity contribution in [1.82, 2.24) is 4.98 Å². The Morgan fingerprint density at radius 2 is 1.71 bits per heavy atom. The van der Waals surface area contributed by atoms with Crippen LogP contribution in [0.25, 0.3) is 20.9 Å². The molecule has 1 aliphatic rings. The number of Topliss-reactive ketones (excluding diaryl/α,β-unsaturated/α-hetero) is 2. The van der Waals surface area contributed by atoms with E-state index in [1.807, 2.05) is 48.5 Å². The maximum absolute atomic E-state index is 15.2. The SMILES string of the molecule is CCCCCc1ccc(-c2cc3nccc(Oc4ccc(CC(=O)C5(C(=O)Cc6ccccc6)CC5)cc4F)c3s2)o1. The number of hydrogen-bond donors (Lipinski definition) is 0. The van der Waals surface area contributed by atoms with E-state index in [1.165, 1.54) is 23.8 Å². The van der Waals surface area contributed by atoms with Crippen LogP contribution < -0.4 is 4.74 Å². The van der Waals surface area contributed by atoms with Crippen molar-refractivity contribution >= 4 is 33.1 Å². The van der Waals surface area contributed by atoms with Crippen molar-refractivity contribution < 1.29 is 23.1 Å². The fourth-order valence-electron chi connectivity index (χ4n) is 5.31. The lowest BCUT2D eigenvalue weighted by molar-refractivity contribution is -0.133. The first-order valence-electron chi connectivity index (χ1n) is 14.5. The number of pyridine rings is 1. The molecule has 0 bridgehead atoms. The van der Waals surface area contributed by atoms with Gasteiger partial charge in [0, 0.05) is 31.5 Å². The van der Waals surface area contributed by atoms with Gasteiger partial charge < -0.3 is 9.15 Å². The third kappa shape index (κ3) is 5.93. The van der Waals surface area contributed by atoms with E-state index < -0.39 is 11.2 Å². The maximum atomic E-state index is 15.2. The topological polar surface area (TPSA) is 69.4 Å². The molecule has 3 aromatic heterocycles. The van der Waals surface area contributed by atoms with Crippen LogP contribution in [-0.4, -0.2) is 16.6 Å². The number of aromatic nitrogens is 1. The Morgan fingerprint density at radius 1 is 0.929 bits per heavy atom. The molecule has 3 heterocycles. The van der Waals surface area contributed by atoms with Crippen LogP contribution in [0.1, 0.15) is 55.9 Å². The number of nitrogens with zero attached hydrogens (tertiary/aromatic N) is 1. The Labute approximate surface area is 248 Å². The van der Waals surface area contributed by atoms with E-state index in [0.29, 0.717) is 24.2 Å². The molecule has 2 aromatic carbocycles. The Kier molecular flexibility index (Phi) is 8.02. The summed E-state index contributed by atoms with van der Waals surface area (Å²) < 4.78 is 28.1. The van der Waals surface area contributed by atoms with E-state index in [9.17, 15) is 9.59 Å². The molecule has 0 spiro atoms. The van der Waals surface area contributed by atoms with E-state index in [0.717, 1.165) is 51.4 Å². The lowest BCUT2D eigenvalue weighted by atomic mass is 9.88. The number of furan rings is 1. The van der Waals surface area contributed by atoms with Gasteiger partial charge in [0.2, 0.25) is 0 Å². The lowest BCUT2D eigenvalue weighted by Gasteiger charge is -2.14. The van der Waals surface area contributed by atoms with Crippen LogP contribution in [0, 0.1) is 11.2 Å². The molecule has 0 N–H and O–H groups in total. The largest absolute Gasteiger partial charge is 0.460 e. The summed E-state index contributed by atoms with van der Waals surface area (Å²) in [6.07, 6.45) is 7.34. The van der Waals surface area contributed by atoms with Gasteiger partial charge in [0.25, 0.3) is 0 Å². The van der Waals surface area contributed by atoms with E-state index in [1.54, 1.807) is 24.4 Å². The van der Waals surface area contributed by atoms with Crippen molar-refractivity contribution in [1.29, 1.82) is 0 Å². The predicted octanol–water partition coefficient (Wildman–Crippen LogP) is 8.92. The Morgan fingerprint density at radius 3 is 2.45 bits per heavy atom. The number of carbonyl (C=O) groups is 2. The highest BCUT2D eigenvalue weighted by Gasteiger charge is 2.54. The molecule has 0 radical (unpaired) electrons. The average Bonchev–Trinajstić information content (AvgIpc) is 3.48. The van der Waals surface area contributed by atoms with E-state index in [4.69, 9.17) is 9.15 Å². The molecule has 1 saturated carbocycles. The van der Waals surface area contributed by atoms with Crippen LogP contribution in [0.3, 0.4) is 0 Å². The first kappa shape index (κ1) is 28.0. The number of ether oxygens (including phenoxy) is 1. The Hall–Kier alpha value is -4.10. The Bertz CT molecular complexity index is 1730. The standard InChI is InChI=1S/C35H32FNO4S/c1-2-3-5-10-25-12-14-29(40-25)31-22-27-34(42-31)30(15-18-37-27)41-28-13-11-24(19-26(28)36)21-33(39)35(16-17-35)32(38)20-23-8-6-4-7-9-23/h4,6-9,11-15,18-19,22H,2-3,5,10,16-17,20-21H2,1H3. The van der Waals surface area contributed by atoms with Crippen molar-refractivity contribution in [2.75, 3.05) is 0 Å². The van der Waals surface area contributed by atoms with Crippen LogP contribution in [-0.2, 0) is 28.9 Å². The minimum Gasteiger partial charge on any atom is -0.460 e. The molecule has 1 fully saturated rings. The molecule has 0 atom stereocenters. The van der Waals surface area contributed by atoms with E-state index in [2.05, 4.69) is 11.9 Å². The number of carbonyl (C=O) groups excluding carboxylic acids is 2. The summed E-state index contributed by atoms with van der Waals surface area (Å²) in [6, 6.07) is 21.7. The van der Waals surface area contributed by atoms with Crippen LogP contribution in [0.15, 0.2) is 83.4 Å². The van der Waals surface area contributed by atoms with Crippen LogP contribution in [0.5, 0.6) is 11.5 Å². The number of halogens is 1. The van der Waals surface area contributed by atoms with Gasteiger partial charge in [0.1, 0.15) is 17.3 Å². The molecular weight excluding hydrogens is 549 g/mol. The highest BCUT2D eigenvalue weighted by molar-refractivity contribution is 7.22. The molecule has 0 unspecified atom stereocenters. The summed E-state index contributed by atoms with van der Waals surface area (Å²) in [7, 11) is 0. The number of unbranched alkanes of at least 4 members (excludes halogenated alkanes) is 2. The van der Waals surface area contributed by atoms with Gasteiger partial charge in [-0.3, -0.25) is 14.6 Å². The number of thiophene rings is 1. The van der Waals surface area contributed by atoms with Crippen molar-refractivity contribution in [2.45, 2.75) is 58.3 Å². The number of benzene rings is 2. The minimum absolute atomic E-state index is 0.00902. The lowest BCUT2D eigenvalue weighted by Crippen LogP contribution is -2.28. The average molecular weight is 582 g/mol. The fourth-order valence-corrected chi connectivity index (χ4v) is 6.34. The molecule has 7 heteroatoms. The van der Waals surface area contributed by atoms with E-state index >= 15 is 4.39 Å². The summed E-state index contributed by atoms with van der Waals surface area (Å²) >= 11 is 1.49. The zero-order valence-corrected chi connectivity index (χ0v) is 24.3. The van der Waals surface area contributed by atoms with E-state index in [-0.39, 0.29) is 30.2 Å². The summed E-state index contributed by atoms with van der Waals surface area (Å²) in [6.45, 7) is 2.18. The second-order valence-electron chi connectivity index (χ2n) is 11.0. The van der Waals surface area contributed by atoms with Gasteiger partial charge in [-0.25, -0.2) is 4.39 Å². The molecule has 0 amide bonds. The number of aryl methyl sites for hydroxylation is 1. The van der Waals surface area contributed by atoms with Crippen molar-refractivity contribution in [3.8, 4) is 22.1 Å². The Balaban J connectivity index is 1.14. The first-order valence-corrected chi connectivity index (χ1v) is 15.3. The molecule has 0 saturated heterocycles. The van der Waals surface area contributed by atoms with Gasteiger partial charge in [-0.05, 0) is 60.7 Å². The molecular formula is C35H32FNO4S. The maximum Gasteiger partial charge on any atom is 0.166 e. The molecule has 5 aromatic rings. The smallest absolute Gasteiger partial charge is 0.166 e. The molecule has 5 nitrogen and oxygen atoms in total. The predicted molar refractivity (Wildman–Crippen MR) is 163 cm³/mol. The first-order chi connectivity index (χ1) is 20.4. The number of rotatable bonds is 13. The molecule has 214 valence electrons. The zero-order chi connectivity index (χ0) is 29.1. The van der Waals surface area contributed by atoms with Crippen LogP contribution in [0.2, 0.25) is 0 Å². The van der Waals surface area contributed by atoms with Crippen molar-refractivity contribution in [3.63, 3.8) is 0 Å². The monoisotopic (exact) mass is 581 g/mol. The highest BCUT2D eigenvalue weighted by atomic mass is 32.1. The fraction of sp³-hybridized carbons (Fsp3) is 0.286. The van der Waals surface area contributed by atoms with Gasteiger partial charge >= 0.3 is 0 Å². The highest BCUT2D eigenvalue weighted by Crippen LogP contribution is 2.49. The summed E-state index contributed by atoms with van der Waals surface area (Å²) in [4.78, 5) is 31.5. The second kappa shape index (κ2) is 12.0. The van der Waals surface area contributed by atoms with Gasteiger partial charge in [0.15, 0.2) is 23.1 Å². The third-order valence-electron chi connectivity index (χ3n) is 7.91. The summed E-state index contributed by atoms with van der Waals surface area (Å²) in [5, 5.41) is 0. The minimum atomic E-state index is -0.939. The summed E-state index contributed by atoms with van der Waals surface area (Å²) in [5.74, 6) is 1.54. The number of fused-ring (bicyclic) bond motifs is 1. The molecule has 0 aliphatic heterocycles. The third-order valence-corrected chi connectivity index (χ3v) is 9.07. The normalized spacial score (nSPS) is 13.8. The van der Waals surface area contributed by atoms with Crippen LogP contribution >= 0.6 is 11.3 Å². The molecule has 42 heavy (non-hydrogen) atoms. The number of hydrogen-bond acceptors (Lipinski definition) is 6. The molecule has 6 rings (SSSR count). The van der Waals surface area contributed by atoms with Gasteiger partial charge in [-0.2, -0.15) is 0 Å². The number of ketones is 2. The van der Waals surface area contributed by atoms with Crippen molar-refractivity contribution in [3.05, 3.63) is 102 Å². The van der Waals surface area contributed by atoms with Gasteiger partial charge in [0.05, 0.1) is 20.5 Å². The van der Waals surface area contributed by atoms with Gasteiger partial charge in [-0.1, -0.05) is 56.2 Å². The van der Waals surface area contributed by atoms with Crippen molar-refractivity contribution in [2.24, 2.45) is 5.41 Å². The summed E-state index contributed by atoms with van der Waals surface area (Å²) in [5.41, 5.74) is 1.22. The second-order valence-corrected chi connectivity index (χ2v) is 12.0. The quantitative estimate of drug-likeness (QED) is 0.103. The van der Waals surface area contributed by atoms with Gasteiger partial charge in [-0.15, -0.1) is 11.3 Å².